The molecular weight excluding hydrogens is 441 g/mol. The largest absolute Gasteiger partial charge is 0.397 e. The van der Waals surface area contributed by atoms with Crippen LogP contribution in [0.2, 0.25) is 0 Å². The Kier molecular flexibility index (Phi) is 5.42. The molecule has 2 aromatic carbocycles. The van der Waals surface area contributed by atoms with Crippen molar-refractivity contribution in [1.82, 2.24) is 25.1 Å². The number of nitrogens with two attached hydrogens (primary N) is 1. The number of aromatic nitrogens is 4. The zero-order valence-corrected chi connectivity index (χ0v) is 19.2. The summed E-state index contributed by atoms with van der Waals surface area (Å²) in [7, 11) is 0. The number of anilines is 2. The first-order chi connectivity index (χ1) is 17.1. The summed E-state index contributed by atoms with van der Waals surface area (Å²) in [5, 5.41) is 8.87. The van der Waals surface area contributed by atoms with E-state index in [0.29, 0.717) is 6.54 Å². The van der Waals surface area contributed by atoms with Gasteiger partial charge in [0, 0.05) is 66.8 Å². The van der Waals surface area contributed by atoms with Crippen molar-refractivity contribution < 1.29 is 4.39 Å². The van der Waals surface area contributed by atoms with Gasteiger partial charge in [0.25, 0.3) is 0 Å². The van der Waals surface area contributed by atoms with E-state index in [1.54, 1.807) is 6.07 Å². The van der Waals surface area contributed by atoms with Crippen LogP contribution in [-0.2, 0) is 6.54 Å². The van der Waals surface area contributed by atoms with Gasteiger partial charge in [-0.25, -0.2) is 9.37 Å². The van der Waals surface area contributed by atoms with Crippen LogP contribution in [0.15, 0.2) is 73.3 Å². The maximum absolute atomic E-state index is 13.5. The van der Waals surface area contributed by atoms with E-state index in [0.717, 1.165) is 76.4 Å². The van der Waals surface area contributed by atoms with Crippen LogP contribution in [0.3, 0.4) is 0 Å². The van der Waals surface area contributed by atoms with Crippen molar-refractivity contribution >= 4 is 22.4 Å². The molecule has 4 N–H and O–H groups in total. The highest BCUT2D eigenvalue weighted by Crippen LogP contribution is 2.33. The van der Waals surface area contributed by atoms with Crippen LogP contribution in [0.25, 0.3) is 33.3 Å². The highest BCUT2D eigenvalue weighted by molar-refractivity contribution is 5.95. The molecule has 1 saturated heterocycles. The molecule has 3 aromatic heterocycles. The van der Waals surface area contributed by atoms with Crippen LogP contribution in [-0.4, -0.2) is 45.9 Å². The average molecular weight is 468 g/mol. The van der Waals surface area contributed by atoms with Crippen LogP contribution in [0.5, 0.6) is 0 Å². The summed E-state index contributed by atoms with van der Waals surface area (Å²) in [6, 6.07) is 15.0. The lowest BCUT2D eigenvalue weighted by Crippen LogP contribution is -2.43. The molecule has 176 valence electrons. The summed E-state index contributed by atoms with van der Waals surface area (Å²) in [4.78, 5) is 10.2. The summed E-state index contributed by atoms with van der Waals surface area (Å²) in [6.45, 7) is 4.35. The lowest BCUT2D eigenvalue weighted by Gasteiger charge is -2.30. The molecule has 1 fully saturated rings. The highest BCUT2D eigenvalue weighted by Gasteiger charge is 2.15. The molecule has 0 aliphatic carbocycles. The van der Waals surface area contributed by atoms with Crippen molar-refractivity contribution in [3.05, 3.63) is 84.7 Å². The van der Waals surface area contributed by atoms with Gasteiger partial charge in [0.15, 0.2) is 0 Å². The van der Waals surface area contributed by atoms with Gasteiger partial charge in [-0.05, 0) is 41.5 Å². The molecule has 0 spiro atoms. The summed E-state index contributed by atoms with van der Waals surface area (Å²) >= 11 is 0. The summed E-state index contributed by atoms with van der Waals surface area (Å²) in [5.74, 6) is -0.244. The molecule has 4 heterocycles. The molecule has 0 bridgehead atoms. The zero-order chi connectivity index (χ0) is 23.8. The van der Waals surface area contributed by atoms with E-state index in [-0.39, 0.29) is 5.82 Å². The molecule has 7 nitrogen and oxygen atoms in total. The van der Waals surface area contributed by atoms with Crippen molar-refractivity contribution in [3.63, 3.8) is 0 Å². The summed E-state index contributed by atoms with van der Waals surface area (Å²) < 4.78 is 15.4. The number of H-pyrrole nitrogens is 1. The van der Waals surface area contributed by atoms with Gasteiger partial charge in [-0.2, -0.15) is 5.10 Å². The van der Waals surface area contributed by atoms with Gasteiger partial charge >= 0.3 is 0 Å². The number of nitrogens with one attached hydrogen (secondary N) is 2. The Bertz CT molecular complexity index is 1500. The normalized spacial score (nSPS) is 14.0. The van der Waals surface area contributed by atoms with Crippen LogP contribution < -0.4 is 16.0 Å². The Morgan fingerprint density at radius 3 is 2.69 bits per heavy atom. The number of fused-ring (bicyclic) bond motifs is 1. The predicted octanol–water partition coefficient (Wildman–Crippen LogP) is 4.27. The number of aromatic amines is 1. The van der Waals surface area contributed by atoms with E-state index in [9.17, 15) is 4.39 Å². The van der Waals surface area contributed by atoms with Gasteiger partial charge in [0.05, 0.1) is 24.1 Å². The monoisotopic (exact) mass is 467 g/mol. The molecule has 8 heteroatoms. The Morgan fingerprint density at radius 2 is 1.86 bits per heavy atom. The number of piperazine rings is 1. The molecule has 1 aliphatic heterocycles. The standard InChI is InChI=1S/C27H26FN7/c28-22-3-1-2-18(10-22)16-35-17-21(14-33-35)24-15-32-27-23(24)11-20(13-31-27)19-4-5-26(25(29)12-19)34-8-6-30-7-9-34/h1-5,10-15,17,30H,6-9,16,29H2,(H,31,32). The number of hydrogen-bond acceptors (Lipinski definition) is 5. The minimum atomic E-state index is -0.244. The zero-order valence-electron chi connectivity index (χ0n) is 19.2. The fourth-order valence-electron chi connectivity index (χ4n) is 4.74. The highest BCUT2D eigenvalue weighted by atomic mass is 19.1. The number of rotatable bonds is 5. The lowest BCUT2D eigenvalue weighted by molar-refractivity contribution is 0.590. The third kappa shape index (κ3) is 4.24. The first-order valence-electron chi connectivity index (χ1n) is 11.7. The molecule has 0 unspecified atom stereocenters. The fourth-order valence-corrected chi connectivity index (χ4v) is 4.74. The number of benzene rings is 2. The molecule has 0 saturated carbocycles. The molecule has 0 atom stereocenters. The first-order valence-corrected chi connectivity index (χ1v) is 11.7. The molecule has 0 amide bonds. The maximum Gasteiger partial charge on any atom is 0.137 e. The molecular formula is C27H26FN7. The Balaban J connectivity index is 1.29. The number of hydrogen-bond donors (Lipinski definition) is 3. The number of nitrogens with zero attached hydrogens (tertiary/aromatic N) is 4. The van der Waals surface area contributed by atoms with Crippen molar-refractivity contribution in [2.45, 2.75) is 6.54 Å². The van der Waals surface area contributed by atoms with E-state index in [1.165, 1.54) is 12.1 Å². The minimum Gasteiger partial charge on any atom is -0.397 e. The molecule has 1 aliphatic rings. The van der Waals surface area contributed by atoms with E-state index in [1.807, 2.05) is 41.6 Å². The van der Waals surface area contributed by atoms with Gasteiger partial charge in [-0.1, -0.05) is 18.2 Å². The number of pyridine rings is 1. The SMILES string of the molecule is Nc1cc(-c2cnc3[nH]cc(-c4cnn(Cc5cccc(F)c5)c4)c3c2)ccc1N1CCNCC1. The second kappa shape index (κ2) is 8.88. The Hall–Kier alpha value is -4.17. The van der Waals surface area contributed by atoms with Crippen molar-refractivity contribution in [2.75, 3.05) is 36.8 Å². The lowest BCUT2D eigenvalue weighted by atomic mass is 10.0. The van der Waals surface area contributed by atoms with E-state index in [2.05, 4.69) is 43.5 Å². The fraction of sp³-hybridized carbons (Fsp3) is 0.185. The molecule has 6 rings (SSSR count). The molecule has 35 heavy (non-hydrogen) atoms. The van der Waals surface area contributed by atoms with Crippen LogP contribution >= 0.6 is 0 Å². The van der Waals surface area contributed by atoms with Crippen LogP contribution in [0.4, 0.5) is 15.8 Å². The van der Waals surface area contributed by atoms with Crippen molar-refractivity contribution in [2.24, 2.45) is 0 Å². The summed E-state index contributed by atoms with van der Waals surface area (Å²) in [5.41, 5.74) is 14.0. The minimum absolute atomic E-state index is 0.244. The molecule has 5 aromatic rings. The second-order valence-corrected chi connectivity index (χ2v) is 8.89. The number of nitrogen functional groups attached to an aromatic ring is 1. The van der Waals surface area contributed by atoms with Gasteiger partial charge < -0.3 is 20.9 Å². The topological polar surface area (TPSA) is 87.8 Å². The van der Waals surface area contributed by atoms with E-state index < -0.39 is 0 Å². The smallest absolute Gasteiger partial charge is 0.137 e. The maximum atomic E-state index is 13.5. The number of halogens is 1. The second-order valence-electron chi connectivity index (χ2n) is 8.89. The van der Waals surface area contributed by atoms with E-state index in [4.69, 9.17) is 5.73 Å². The van der Waals surface area contributed by atoms with Gasteiger partial charge in [0.2, 0.25) is 0 Å². The predicted molar refractivity (Wildman–Crippen MR) is 138 cm³/mol. The van der Waals surface area contributed by atoms with E-state index >= 15 is 0 Å². The summed E-state index contributed by atoms with van der Waals surface area (Å²) in [6.07, 6.45) is 7.62. The van der Waals surface area contributed by atoms with Crippen molar-refractivity contribution in [1.29, 1.82) is 0 Å². The molecule has 0 radical (unpaired) electrons. The first kappa shape index (κ1) is 21.4. The quantitative estimate of drug-likeness (QED) is 0.336. The Morgan fingerprint density at radius 1 is 0.971 bits per heavy atom. The van der Waals surface area contributed by atoms with Crippen LogP contribution in [0.1, 0.15) is 5.56 Å². The third-order valence-corrected chi connectivity index (χ3v) is 6.53. The average Bonchev–Trinajstić information content (AvgIpc) is 3.51. The third-order valence-electron chi connectivity index (χ3n) is 6.53. The van der Waals surface area contributed by atoms with Gasteiger partial charge in [0.1, 0.15) is 11.5 Å². The van der Waals surface area contributed by atoms with Crippen molar-refractivity contribution in [3.8, 4) is 22.3 Å². The van der Waals surface area contributed by atoms with Gasteiger partial charge in [-0.3, -0.25) is 4.68 Å². The van der Waals surface area contributed by atoms with Crippen LogP contribution in [0, 0.1) is 5.82 Å². The van der Waals surface area contributed by atoms with Gasteiger partial charge in [-0.15, -0.1) is 0 Å². The Labute approximate surface area is 202 Å².